The van der Waals surface area contributed by atoms with Crippen LogP contribution in [-0.4, -0.2) is 58.7 Å². The number of hydrogen-bond acceptors (Lipinski definition) is 7. The summed E-state index contributed by atoms with van der Waals surface area (Å²) < 4.78 is 25.2. The highest BCUT2D eigenvalue weighted by Crippen LogP contribution is 2.31. The van der Waals surface area contributed by atoms with Gasteiger partial charge < -0.3 is 24.6 Å². The molecule has 2 aromatic carbocycles. The SMILES string of the molecule is COc1cnc2cccc(OC[C@]3(O)CCN(c4ccc(Cl)cc4F)C[C@H]3O)c2n1. The van der Waals surface area contributed by atoms with Crippen LogP contribution >= 0.6 is 11.6 Å². The van der Waals surface area contributed by atoms with Crippen molar-refractivity contribution in [3.8, 4) is 11.6 Å². The van der Waals surface area contributed by atoms with Gasteiger partial charge in [0.15, 0.2) is 0 Å². The molecule has 0 spiro atoms. The van der Waals surface area contributed by atoms with Gasteiger partial charge in [-0.15, -0.1) is 0 Å². The first-order valence-electron chi connectivity index (χ1n) is 9.42. The summed E-state index contributed by atoms with van der Waals surface area (Å²) >= 11 is 5.81. The lowest BCUT2D eigenvalue weighted by molar-refractivity contribution is -0.108. The van der Waals surface area contributed by atoms with Crippen LogP contribution in [0.15, 0.2) is 42.6 Å². The zero-order valence-corrected chi connectivity index (χ0v) is 17.0. The van der Waals surface area contributed by atoms with E-state index in [9.17, 15) is 14.6 Å². The summed E-state index contributed by atoms with van der Waals surface area (Å²) in [5.74, 6) is 0.293. The zero-order chi connectivity index (χ0) is 21.3. The smallest absolute Gasteiger partial charge is 0.232 e. The number of piperidine rings is 1. The van der Waals surface area contributed by atoms with E-state index in [1.807, 2.05) is 0 Å². The van der Waals surface area contributed by atoms with Gasteiger partial charge in [-0.1, -0.05) is 17.7 Å². The minimum atomic E-state index is -1.49. The molecule has 1 aromatic heterocycles. The first-order chi connectivity index (χ1) is 14.4. The van der Waals surface area contributed by atoms with E-state index in [0.717, 1.165) is 0 Å². The summed E-state index contributed by atoms with van der Waals surface area (Å²) in [6.45, 7) is 0.253. The van der Waals surface area contributed by atoms with Gasteiger partial charge in [0.2, 0.25) is 5.88 Å². The van der Waals surface area contributed by atoms with Crippen molar-refractivity contribution >= 4 is 28.3 Å². The van der Waals surface area contributed by atoms with Gasteiger partial charge in [-0.05, 0) is 36.8 Å². The number of nitrogens with zero attached hydrogens (tertiary/aromatic N) is 3. The molecule has 0 bridgehead atoms. The molecule has 3 aromatic rings. The van der Waals surface area contributed by atoms with Gasteiger partial charge in [-0.3, -0.25) is 0 Å². The molecule has 1 saturated heterocycles. The maximum atomic E-state index is 14.2. The molecular formula is C21H21ClFN3O4. The van der Waals surface area contributed by atoms with E-state index < -0.39 is 17.5 Å². The van der Waals surface area contributed by atoms with E-state index in [0.29, 0.717) is 39.9 Å². The van der Waals surface area contributed by atoms with E-state index in [-0.39, 0.29) is 19.6 Å². The fourth-order valence-corrected chi connectivity index (χ4v) is 3.66. The van der Waals surface area contributed by atoms with Crippen molar-refractivity contribution in [3.63, 3.8) is 0 Å². The second-order valence-electron chi connectivity index (χ2n) is 7.24. The first kappa shape index (κ1) is 20.6. The van der Waals surface area contributed by atoms with Crippen molar-refractivity contribution in [1.29, 1.82) is 0 Å². The largest absolute Gasteiger partial charge is 0.488 e. The molecule has 2 N–H and O–H groups in total. The second kappa shape index (κ2) is 8.22. The number of β-amino-alcohol motifs (C(OH)–C–C–N with tert-alkyl or cyclic N) is 1. The third-order valence-electron chi connectivity index (χ3n) is 5.28. The normalized spacial score (nSPS) is 21.6. The maximum Gasteiger partial charge on any atom is 0.232 e. The Bertz CT molecular complexity index is 1070. The van der Waals surface area contributed by atoms with Gasteiger partial charge in [0.1, 0.15) is 35.4 Å². The average Bonchev–Trinajstić information content (AvgIpc) is 2.74. The molecule has 0 radical (unpaired) electrons. The molecular weight excluding hydrogens is 413 g/mol. The number of aliphatic hydroxyl groups excluding tert-OH is 1. The Hall–Kier alpha value is -2.68. The quantitative estimate of drug-likeness (QED) is 0.639. The molecule has 0 aliphatic carbocycles. The molecule has 7 nitrogen and oxygen atoms in total. The van der Waals surface area contributed by atoms with Crippen LogP contribution in [0, 0.1) is 5.82 Å². The number of aliphatic hydroxyl groups is 2. The Morgan fingerprint density at radius 3 is 2.90 bits per heavy atom. The molecule has 158 valence electrons. The number of rotatable bonds is 5. The summed E-state index contributed by atoms with van der Waals surface area (Å²) in [5.41, 5.74) is -0.0456. The average molecular weight is 434 g/mol. The van der Waals surface area contributed by atoms with E-state index in [1.165, 1.54) is 19.4 Å². The number of aromatic nitrogens is 2. The minimum absolute atomic E-state index is 0.0571. The third kappa shape index (κ3) is 3.98. The maximum absolute atomic E-state index is 14.2. The molecule has 4 rings (SSSR count). The summed E-state index contributed by atoms with van der Waals surface area (Å²) in [4.78, 5) is 10.3. The van der Waals surface area contributed by atoms with E-state index in [1.54, 1.807) is 35.2 Å². The lowest BCUT2D eigenvalue weighted by Gasteiger charge is -2.42. The fourth-order valence-electron chi connectivity index (χ4n) is 3.50. The molecule has 0 unspecified atom stereocenters. The van der Waals surface area contributed by atoms with Crippen molar-refractivity contribution < 1.29 is 24.1 Å². The third-order valence-corrected chi connectivity index (χ3v) is 5.51. The van der Waals surface area contributed by atoms with Crippen LogP contribution in [0.4, 0.5) is 10.1 Å². The Morgan fingerprint density at radius 2 is 2.17 bits per heavy atom. The molecule has 2 atom stereocenters. The van der Waals surface area contributed by atoms with E-state index >= 15 is 0 Å². The molecule has 0 amide bonds. The van der Waals surface area contributed by atoms with Crippen LogP contribution in [0.25, 0.3) is 11.0 Å². The highest BCUT2D eigenvalue weighted by Gasteiger charge is 2.42. The summed E-state index contributed by atoms with van der Waals surface area (Å²) in [5, 5.41) is 21.9. The molecule has 30 heavy (non-hydrogen) atoms. The number of halogens is 2. The molecule has 9 heteroatoms. The summed E-state index contributed by atoms with van der Waals surface area (Å²) in [6.07, 6.45) is 0.558. The fraction of sp³-hybridized carbons (Fsp3) is 0.333. The number of methoxy groups -OCH3 is 1. The van der Waals surface area contributed by atoms with Gasteiger partial charge in [0.25, 0.3) is 0 Å². The summed E-state index contributed by atoms with van der Waals surface area (Å²) in [7, 11) is 1.50. The Labute approximate surface area is 177 Å². The van der Waals surface area contributed by atoms with Crippen LogP contribution in [-0.2, 0) is 0 Å². The number of para-hydroxylation sites is 1. The van der Waals surface area contributed by atoms with E-state index in [2.05, 4.69) is 9.97 Å². The van der Waals surface area contributed by atoms with Gasteiger partial charge in [0.05, 0.1) is 24.5 Å². The Morgan fingerprint density at radius 1 is 1.33 bits per heavy atom. The van der Waals surface area contributed by atoms with Crippen LogP contribution in [0.1, 0.15) is 6.42 Å². The lowest BCUT2D eigenvalue weighted by Crippen LogP contribution is -2.58. The van der Waals surface area contributed by atoms with Gasteiger partial charge in [-0.25, -0.2) is 14.4 Å². The molecule has 2 heterocycles. The zero-order valence-electron chi connectivity index (χ0n) is 16.3. The van der Waals surface area contributed by atoms with Crippen molar-refractivity contribution in [1.82, 2.24) is 9.97 Å². The molecule has 1 fully saturated rings. The number of fused-ring (bicyclic) bond motifs is 1. The molecule has 0 saturated carbocycles. The second-order valence-corrected chi connectivity index (χ2v) is 7.67. The van der Waals surface area contributed by atoms with Gasteiger partial charge in [0, 0.05) is 18.1 Å². The monoisotopic (exact) mass is 433 g/mol. The van der Waals surface area contributed by atoms with Crippen molar-refractivity contribution in [2.24, 2.45) is 0 Å². The lowest BCUT2D eigenvalue weighted by atomic mass is 9.89. The van der Waals surface area contributed by atoms with Crippen molar-refractivity contribution in [2.45, 2.75) is 18.1 Å². The van der Waals surface area contributed by atoms with Crippen LogP contribution in [0.2, 0.25) is 5.02 Å². The molecule has 1 aliphatic heterocycles. The van der Waals surface area contributed by atoms with Crippen molar-refractivity contribution in [2.75, 3.05) is 31.7 Å². The standard InChI is InChI=1S/C21H21ClFN3O4/c1-29-19-10-24-15-3-2-4-17(20(15)25-19)30-12-21(28)7-8-26(11-18(21)27)16-6-5-13(22)9-14(16)23/h2-6,9-10,18,27-28H,7-8,11-12H2,1H3/t18-,21-/m1/s1. The summed E-state index contributed by atoms with van der Waals surface area (Å²) in [6, 6.07) is 9.65. The number of hydrogen-bond donors (Lipinski definition) is 2. The minimum Gasteiger partial charge on any atom is -0.488 e. The number of anilines is 1. The Balaban J connectivity index is 1.49. The van der Waals surface area contributed by atoms with Gasteiger partial charge in [-0.2, -0.15) is 0 Å². The van der Waals surface area contributed by atoms with Gasteiger partial charge >= 0.3 is 0 Å². The Kier molecular flexibility index (Phi) is 5.64. The number of benzene rings is 2. The first-order valence-corrected chi connectivity index (χ1v) is 9.80. The predicted molar refractivity (Wildman–Crippen MR) is 111 cm³/mol. The highest BCUT2D eigenvalue weighted by molar-refractivity contribution is 6.30. The van der Waals surface area contributed by atoms with Crippen LogP contribution in [0.5, 0.6) is 11.6 Å². The number of ether oxygens (including phenoxy) is 2. The topological polar surface area (TPSA) is 87.9 Å². The molecule has 1 aliphatic rings. The highest BCUT2D eigenvalue weighted by atomic mass is 35.5. The van der Waals surface area contributed by atoms with E-state index in [4.69, 9.17) is 21.1 Å². The van der Waals surface area contributed by atoms with Crippen molar-refractivity contribution in [3.05, 3.63) is 53.4 Å². The van der Waals surface area contributed by atoms with Crippen LogP contribution < -0.4 is 14.4 Å². The predicted octanol–water partition coefficient (Wildman–Crippen LogP) is 2.81. The van der Waals surface area contributed by atoms with Crippen LogP contribution in [0.3, 0.4) is 0 Å².